The van der Waals surface area contributed by atoms with E-state index in [0.29, 0.717) is 5.75 Å². The van der Waals surface area contributed by atoms with Crippen LogP contribution in [0.3, 0.4) is 0 Å². The summed E-state index contributed by atoms with van der Waals surface area (Å²) in [7, 11) is 0. The topological polar surface area (TPSA) is 48.6 Å². The minimum Gasteiger partial charge on any atom is -0.691 e. The van der Waals surface area contributed by atoms with Crippen LogP contribution in [0.5, 0.6) is 0 Å². The number of nitrogens with zero attached hydrogens (tertiary/aromatic N) is 2. The number of hydrogen-bond acceptors (Lipinski definition) is 8. The Hall–Kier alpha value is -0.910. The summed E-state index contributed by atoms with van der Waals surface area (Å²) in [6, 6.07) is 14.5. The molecule has 0 fully saturated rings. The molecular weight excluding hydrogens is 492 g/mol. The van der Waals surface area contributed by atoms with Gasteiger partial charge < -0.3 is 10.2 Å². The van der Waals surface area contributed by atoms with Crippen LogP contribution in [-0.4, -0.2) is 18.1 Å². The van der Waals surface area contributed by atoms with Gasteiger partial charge in [-0.2, -0.15) is 21.5 Å². The summed E-state index contributed by atoms with van der Waals surface area (Å²) in [5.41, 5.74) is 2.37. The first-order valence-corrected chi connectivity index (χ1v) is 13.3. The van der Waals surface area contributed by atoms with Crippen LogP contribution >= 0.6 is 59.4 Å². The van der Waals surface area contributed by atoms with Crippen LogP contribution in [0.1, 0.15) is 17.8 Å². The molecule has 1 aliphatic heterocycles. The molecule has 0 amide bonds. The Kier molecular flexibility index (Phi) is 8.47. The zero-order chi connectivity index (χ0) is 21.6. The number of thioether (sulfide) groups is 1. The lowest BCUT2D eigenvalue weighted by atomic mass is 10.2. The number of halogens is 1. The number of fused-ring (bicyclic) bond motifs is 2. The predicted octanol–water partition coefficient (Wildman–Crippen LogP) is 5.33. The summed E-state index contributed by atoms with van der Waals surface area (Å²) in [6.45, 7) is 1.71. The van der Waals surface area contributed by atoms with E-state index >= 15 is 0 Å². The van der Waals surface area contributed by atoms with E-state index in [2.05, 4.69) is 67.9 Å². The van der Waals surface area contributed by atoms with Crippen LogP contribution in [0.2, 0.25) is 5.02 Å². The maximum Gasteiger partial charge on any atom is 0.265 e. The Morgan fingerprint density at radius 1 is 1.23 bits per heavy atom. The van der Waals surface area contributed by atoms with E-state index in [-0.39, 0.29) is 0 Å². The number of thiol groups is 1. The summed E-state index contributed by atoms with van der Waals surface area (Å²) in [6.07, 6.45) is 4.12. The number of aromatic nitrogens is 1. The molecule has 1 aromatic heterocycles. The molecule has 0 bridgehead atoms. The van der Waals surface area contributed by atoms with Gasteiger partial charge in [-0.25, -0.2) is 0 Å². The average molecular weight is 513 g/mol. The average Bonchev–Trinajstić information content (AvgIpc) is 3.29. The van der Waals surface area contributed by atoms with Crippen molar-refractivity contribution < 1.29 is 19.2 Å². The van der Waals surface area contributed by atoms with Crippen LogP contribution in [0.4, 0.5) is 5.69 Å². The number of thiazole rings is 1. The van der Waals surface area contributed by atoms with Gasteiger partial charge in [-0.15, -0.1) is 0 Å². The van der Waals surface area contributed by atoms with Crippen LogP contribution < -0.4 is 14.7 Å². The molecule has 0 aliphatic carbocycles. The number of unbranched alkanes of at least 4 members (excludes halogenated alkanes) is 1. The van der Waals surface area contributed by atoms with Gasteiger partial charge in [0.05, 0.1) is 16.8 Å². The van der Waals surface area contributed by atoms with E-state index in [4.69, 9.17) is 11.6 Å². The van der Waals surface area contributed by atoms with Gasteiger partial charge in [0.1, 0.15) is 4.70 Å². The van der Waals surface area contributed by atoms with E-state index in [1.165, 1.54) is 25.1 Å². The highest BCUT2D eigenvalue weighted by Crippen LogP contribution is 2.48. The number of hydrogen-bond donors (Lipinski definition) is 1. The van der Waals surface area contributed by atoms with E-state index in [0.717, 1.165) is 54.4 Å². The molecule has 0 saturated carbocycles. The fourth-order valence-electron chi connectivity index (χ4n) is 3.49. The second-order valence-corrected chi connectivity index (χ2v) is 10.6. The van der Waals surface area contributed by atoms with Crippen molar-refractivity contribution in [3.63, 3.8) is 0 Å². The molecule has 2 heterocycles. The SMILES string of the molecule is [O-]OOSCCCCN1C(=Cc2sc3ccccc3[n+]2CCS)Sc2ccc(Cl)cc21. The van der Waals surface area contributed by atoms with Crippen molar-refractivity contribution in [3.05, 3.63) is 57.5 Å². The van der Waals surface area contributed by atoms with Crippen LogP contribution in [0.15, 0.2) is 52.4 Å². The lowest BCUT2D eigenvalue weighted by Crippen LogP contribution is -2.36. The lowest BCUT2D eigenvalue weighted by Gasteiger charge is -2.20. The van der Waals surface area contributed by atoms with Crippen molar-refractivity contribution in [1.82, 2.24) is 0 Å². The van der Waals surface area contributed by atoms with Crippen LogP contribution in [0, 0.1) is 0 Å². The number of para-hydroxylation sites is 1. The minimum atomic E-state index is 0.697. The minimum absolute atomic E-state index is 0.697. The van der Waals surface area contributed by atoms with Crippen molar-refractivity contribution in [2.45, 2.75) is 24.3 Å². The summed E-state index contributed by atoms with van der Waals surface area (Å²) in [5.74, 6) is 1.48. The Bertz CT molecular complexity index is 1080. The number of aryl methyl sites for hydroxylation is 1. The summed E-state index contributed by atoms with van der Waals surface area (Å²) in [4.78, 5) is 3.53. The molecule has 164 valence electrons. The monoisotopic (exact) mass is 512 g/mol. The standard InChI is InChI=1S/C21H21ClN2O3S4/c22-15-7-8-19-17(13-15)23(9-3-4-12-29-27-26-25)20(31-19)14-21-24(10-11-28)16-5-1-2-6-18(16)30-21/h1-2,5-8,13-14H,3-4,9-12H2,(H-,25,28). The van der Waals surface area contributed by atoms with Crippen molar-refractivity contribution in [2.24, 2.45) is 0 Å². The molecule has 1 aliphatic rings. The highest BCUT2D eigenvalue weighted by Gasteiger charge is 2.27. The first kappa shape index (κ1) is 23.3. The molecule has 31 heavy (non-hydrogen) atoms. The highest BCUT2D eigenvalue weighted by molar-refractivity contribution is 8.04. The van der Waals surface area contributed by atoms with Gasteiger partial charge >= 0.3 is 0 Å². The Labute approximate surface area is 204 Å². The molecule has 0 saturated heterocycles. The Morgan fingerprint density at radius 2 is 2.10 bits per heavy atom. The van der Waals surface area contributed by atoms with Crippen molar-refractivity contribution >= 4 is 81.4 Å². The Morgan fingerprint density at radius 3 is 2.94 bits per heavy atom. The molecule has 0 unspecified atom stereocenters. The van der Waals surface area contributed by atoms with Crippen molar-refractivity contribution in [3.8, 4) is 0 Å². The number of benzene rings is 2. The fourth-order valence-corrected chi connectivity index (χ4v) is 6.59. The summed E-state index contributed by atoms with van der Waals surface area (Å²) < 4.78 is 7.96. The molecule has 0 N–H and O–H groups in total. The summed E-state index contributed by atoms with van der Waals surface area (Å²) in [5, 5.41) is 16.4. The quantitative estimate of drug-likeness (QED) is 0.0988. The normalized spacial score (nSPS) is 14.7. The summed E-state index contributed by atoms with van der Waals surface area (Å²) >= 11 is 15.4. The van der Waals surface area contributed by atoms with Crippen LogP contribution in [0.25, 0.3) is 16.3 Å². The lowest BCUT2D eigenvalue weighted by molar-refractivity contribution is -0.777. The zero-order valence-electron chi connectivity index (χ0n) is 16.5. The second-order valence-electron chi connectivity index (χ2n) is 6.80. The first-order chi connectivity index (χ1) is 15.2. The molecule has 10 heteroatoms. The molecule has 0 spiro atoms. The molecule has 0 atom stereocenters. The fraction of sp³-hybridized carbons (Fsp3) is 0.286. The maximum absolute atomic E-state index is 9.92. The Balaban J connectivity index is 1.62. The van der Waals surface area contributed by atoms with Gasteiger partial charge in [0.25, 0.3) is 5.01 Å². The van der Waals surface area contributed by atoms with Crippen LogP contribution in [-0.2, 0) is 15.9 Å². The second kappa shape index (κ2) is 11.3. The van der Waals surface area contributed by atoms with E-state index in [9.17, 15) is 5.26 Å². The smallest absolute Gasteiger partial charge is 0.265 e. The largest absolute Gasteiger partial charge is 0.691 e. The third-order valence-corrected chi connectivity index (χ3v) is 8.10. The van der Waals surface area contributed by atoms with Gasteiger partial charge in [-0.1, -0.05) is 46.8 Å². The van der Waals surface area contributed by atoms with E-state index < -0.39 is 0 Å². The van der Waals surface area contributed by atoms with E-state index in [1.54, 1.807) is 23.1 Å². The third kappa shape index (κ3) is 5.54. The van der Waals surface area contributed by atoms with Gasteiger partial charge in [0.2, 0.25) is 5.52 Å². The number of rotatable bonds is 10. The third-order valence-electron chi connectivity index (χ3n) is 4.83. The van der Waals surface area contributed by atoms with Gasteiger partial charge in [0.15, 0.2) is 6.54 Å². The first-order valence-electron chi connectivity index (χ1n) is 9.78. The highest BCUT2D eigenvalue weighted by atomic mass is 35.5. The molecule has 3 aromatic rings. The molecule has 2 aromatic carbocycles. The van der Waals surface area contributed by atoms with Gasteiger partial charge in [0, 0.05) is 46.1 Å². The van der Waals surface area contributed by atoms with Gasteiger partial charge in [-0.05, 0) is 37.1 Å². The molecular formula is C21H21ClN2O3S4. The number of anilines is 1. The zero-order valence-corrected chi connectivity index (χ0v) is 20.6. The molecule has 4 rings (SSSR count). The predicted molar refractivity (Wildman–Crippen MR) is 132 cm³/mol. The molecule has 0 radical (unpaired) electrons. The van der Waals surface area contributed by atoms with Crippen molar-refractivity contribution in [1.29, 1.82) is 0 Å². The maximum atomic E-state index is 9.92. The van der Waals surface area contributed by atoms with Crippen molar-refractivity contribution in [2.75, 3.05) is 23.0 Å². The molecule has 5 nitrogen and oxygen atoms in total. The van der Waals surface area contributed by atoms with Gasteiger partial charge in [-0.3, -0.25) is 5.04 Å². The van der Waals surface area contributed by atoms with E-state index in [1.807, 2.05) is 12.1 Å².